The summed E-state index contributed by atoms with van der Waals surface area (Å²) in [4.78, 5) is 16.4. The van der Waals surface area contributed by atoms with Crippen LogP contribution in [-0.2, 0) is 6.61 Å². The third-order valence-corrected chi connectivity index (χ3v) is 8.68. The van der Waals surface area contributed by atoms with E-state index in [1.165, 1.54) is 12.1 Å². The van der Waals surface area contributed by atoms with Gasteiger partial charge in [-0.1, -0.05) is 23.7 Å². The Morgan fingerprint density at radius 2 is 1.84 bits per heavy atom. The van der Waals surface area contributed by atoms with Crippen molar-refractivity contribution in [3.63, 3.8) is 0 Å². The lowest BCUT2D eigenvalue weighted by Crippen LogP contribution is -2.35. The summed E-state index contributed by atoms with van der Waals surface area (Å²) < 4.78 is 26.2. The van der Waals surface area contributed by atoms with Crippen LogP contribution in [0.4, 0.5) is 21.6 Å². The standard InChI is InChI=1S/C33H38ClFN6O2/c1-39(2)25-9-14-41(19-25)26-17-29-32(31(18-26)43-27-10-12-40(3)13-11-27)33(37-21-36-29)38-24-7-8-30(28(34)16-24)42-20-22-5-4-6-23(35)15-22/h4-8,15-18,21,25,27H,9-14,19-20H2,1-3H3,(H,36,37,38)/t25-/m1/s1. The number of benzene rings is 3. The van der Waals surface area contributed by atoms with Crippen LogP contribution in [0.3, 0.4) is 0 Å². The van der Waals surface area contributed by atoms with E-state index in [0.717, 1.165) is 79.0 Å². The van der Waals surface area contributed by atoms with E-state index in [9.17, 15) is 4.39 Å². The van der Waals surface area contributed by atoms with Crippen LogP contribution in [0.15, 0.2) is 60.9 Å². The van der Waals surface area contributed by atoms with E-state index >= 15 is 0 Å². The molecule has 4 aromatic rings. The zero-order valence-electron chi connectivity index (χ0n) is 24.9. The molecule has 6 rings (SSSR count). The second-order valence-electron chi connectivity index (χ2n) is 11.7. The topological polar surface area (TPSA) is 66.0 Å². The minimum Gasteiger partial charge on any atom is -0.489 e. The van der Waals surface area contributed by atoms with Gasteiger partial charge in [0.1, 0.15) is 42.2 Å². The maximum absolute atomic E-state index is 13.5. The molecule has 43 heavy (non-hydrogen) atoms. The second-order valence-corrected chi connectivity index (χ2v) is 12.1. The first kappa shape index (κ1) is 29.4. The molecule has 2 aliphatic rings. The Morgan fingerprint density at radius 3 is 2.58 bits per heavy atom. The molecule has 0 aliphatic carbocycles. The fraction of sp³-hybridized carbons (Fsp3) is 0.394. The van der Waals surface area contributed by atoms with Gasteiger partial charge >= 0.3 is 0 Å². The van der Waals surface area contributed by atoms with Crippen molar-refractivity contribution in [2.45, 2.75) is 38.0 Å². The molecule has 1 N–H and O–H groups in total. The van der Waals surface area contributed by atoms with E-state index in [1.807, 2.05) is 12.1 Å². The summed E-state index contributed by atoms with van der Waals surface area (Å²) in [5.74, 6) is 1.66. The average molecular weight is 605 g/mol. The zero-order valence-corrected chi connectivity index (χ0v) is 25.6. The normalized spacial score (nSPS) is 18.0. The summed E-state index contributed by atoms with van der Waals surface area (Å²) >= 11 is 6.60. The largest absolute Gasteiger partial charge is 0.489 e. The summed E-state index contributed by atoms with van der Waals surface area (Å²) in [5.41, 5.74) is 3.43. The van der Waals surface area contributed by atoms with Gasteiger partial charge in [0.05, 0.1) is 15.9 Å². The number of nitrogens with zero attached hydrogens (tertiary/aromatic N) is 5. The maximum atomic E-state index is 13.5. The van der Waals surface area contributed by atoms with Crippen molar-refractivity contribution in [3.8, 4) is 11.5 Å². The highest BCUT2D eigenvalue weighted by Crippen LogP contribution is 2.39. The molecular formula is C33H38ClFN6O2. The van der Waals surface area contributed by atoms with E-state index in [4.69, 9.17) is 21.1 Å². The lowest BCUT2D eigenvalue weighted by molar-refractivity contribution is 0.116. The van der Waals surface area contributed by atoms with Crippen LogP contribution >= 0.6 is 11.6 Å². The molecule has 3 heterocycles. The highest BCUT2D eigenvalue weighted by molar-refractivity contribution is 6.32. The van der Waals surface area contributed by atoms with E-state index in [0.29, 0.717) is 22.6 Å². The first-order valence-electron chi connectivity index (χ1n) is 14.8. The van der Waals surface area contributed by atoms with Crippen molar-refractivity contribution in [1.82, 2.24) is 19.8 Å². The molecule has 10 heteroatoms. The molecule has 0 unspecified atom stereocenters. The maximum Gasteiger partial charge on any atom is 0.145 e. The van der Waals surface area contributed by atoms with E-state index in [1.54, 1.807) is 24.5 Å². The second kappa shape index (κ2) is 12.9. The highest BCUT2D eigenvalue weighted by atomic mass is 35.5. The SMILES string of the molecule is CN1CCC(Oc2cc(N3CC[C@@H](N(C)C)C3)cc3ncnc(Nc4ccc(OCc5cccc(F)c5)c(Cl)c4)c23)CC1. The summed E-state index contributed by atoms with van der Waals surface area (Å²) in [6, 6.07) is 16.6. The van der Waals surface area contributed by atoms with Crippen molar-refractivity contribution in [2.75, 3.05) is 57.5 Å². The van der Waals surface area contributed by atoms with Gasteiger partial charge in [0.2, 0.25) is 0 Å². The summed E-state index contributed by atoms with van der Waals surface area (Å²) in [5, 5.41) is 4.73. The molecule has 1 atom stereocenters. The molecule has 226 valence electrons. The number of halogens is 2. The Bertz CT molecular complexity index is 1580. The first-order chi connectivity index (χ1) is 20.8. The smallest absolute Gasteiger partial charge is 0.145 e. The van der Waals surface area contributed by atoms with Crippen molar-refractivity contribution >= 4 is 39.7 Å². The third-order valence-electron chi connectivity index (χ3n) is 8.38. The third kappa shape index (κ3) is 6.95. The van der Waals surface area contributed by atoms with Crippen LogP contribution in [0.5, 0.6) is 11.5 Å². The van der Waals surface area contributed by atoms with Crippen LogP contribution in [-0.4, -0.2) is 79.2 Å². The van der Waals surface area contributed by atoms with Gasteiger partial charge in [-0.3, -0.25) is 0 Å². The lowest BCUT2D eigenvalue weighted by atomic mass is 10.1. The van der Waals surface area contributed by atoms with Crippen LogP contribution in [0.2, 0.25) is 5.02 Å². The monoisotopic (exact) mass is 604 g/mol. The molecule has 3 aromatic carbocycles. The minimum atomic E-state index is -0.298. The molecule has 0 bridgehead atoms. The molecule has 2 aliphatic heterocycles. The van der Waals surface area contributed by atoms with Gasteiger partial charge in [0.25, 0.3) is 0 Å². The number of rotatable bonds is 9. The summed E-state index contributed by atoms with van der Waals surface area (Å²) in [6.07, 6.45) is 4.77. The van der Waals surface area contributed by atoms with Gasteiger partial charge < -0.3 is 29.5 Å². The molecule has 0 spiro atoms. The van der Waals surface area contributed by atoms with Crippen molar-refractivity contribution < 1.29 is 13.9 Å². The van der Waals surface area contributed by atoms with Crippen molar-refractivity contribution in [3.05, 3.63) is 77.3 Å². The number of hydrogen-bond donors (Lipinski definition) is 1. The molecule has 0 radical (unpaired) electrons. The highest BCUT2D eigenvalue weighted by Gasteiger charge is 2.27. The van der Waals surface area contributed by atoms with E-state index in [2.05, 4.69) is 63.3 Å². The van der Waals surface area contributed by atoms with Crippen molar-refractivity contribution in [2.24, 2.45) is 0 Å². The Hall–Kier alpha value is -3.66. The predicted octanol–water partition coefficient (Wildman–Crippen LogP) is 6.36. The number of ether oxygens (including phenoxy) is 2. The first-order valence-corrected chi connectivity index (χ1v) is 15.2. The number of hydrogen-bond acceptors (Lipinski definition) is 8. The van der Waals surface area contributed by atoms with Crippen LogP contribution in [0.25, 0.3) is 10.9 Å². The molecule has 2 fully saturated rings. The fourth-order valence-electron chi connectivity index (χ4n) is 5.81. The quantitative estimate of drug-likeness (QED) is 0.237. The van der Waals surface area contributed by atoms with Gasteiger partial charge in [-0.05, 0) is 82.4 Å². The molecular weight excluding hydrogens is 567 g/mol. The minimum absolute atomic E-state index is 0.125. The van der Waals surface area contributed by atoms with Gasteiger partial charge in [0.15, 0.2) is 0 Å². The number of fused-ring (bicyclic) bond motifs is 1. The summed E-state index contributed by atoms with van der Waals surface area (Å²) in [6.45, 7) is 4.19. The Kier molecular flexibility index (Phi) is 8.83. The molecule has 0 saturated carbocycles. The molecule has 0 amide bonds. The van der Waals surface area contributed by atoms with Crippen LogP contribution < -0.4 is 19.7 Å². The predicted molar refractivity (Wildman–Crippen MR) is 170 cm³/mol. The average Bonchev–Trinajstić information content (AvgIpc) is 3.49. The van der Waals surface area contributed by atoms with Gasteiger partial charge in [-0.15, -0.1) is 0 Å². The fourth-order valence-corrected chi connectivity index (χ4v) is 6.05. The Morgan fingerprint density at radius 1 is 1.00 bits per heavy atom. The lowest BCUT2D eigenvalue weighted by Gasteiger charge is -2.30. The number of aromatic nitrogens is 2. The summed E-state index contributed by atoms with van der Waals surface area (Å²) in [7, 11) is 6.44. The van der Waals surface area contributed by atoms with Gasteiger partial charge in [0, 0.05) is 49.7 Å². The number of likely N-dealkylation sites (tertiary alicyclic amines) is 1. The zero-order chi connectivity index (χ0) is 29.9. The number of piperidine rings is 1. The van der Waals surface area contributed by atoms with Crippen LogP contribution in [0.1, 0.15) is 24.8 Å². The van der Waals surface area contributed by atoms with Crippen molar-refractivity contribution in [1.29, 1.82) is 0 Å². The molecule has 1 aromatic heterocycles. The number of likely N-dealkylation sites (N-methyl/N-ethyl adjacent to an activating group) is 1. The molecule has 8 nitrogen and oxygen atoms in total. The van der Waals surface area contributed by atoms with Gasteiger partial charge in [-0.25, -0.2) is 14.4 Å². The van der Waals surface area contributed by atoms with E-state index in [-0.39, 0.29) is 18.5 Å². The Labute approximate surface area is 257 Å². The Balaban J connectivity index is 1.28. The number of nitrogens with one attached hydrogen (secondary N) is 1. The molecule has 2 saturated heterocycles. The number of anilines is 3. The van der Waals surface area contributed by atoms with E-state index < -0.39 is 0 Å². The van der Waals surface area contributed by atoms with Gasteiger partial charge in [-0.2, -0.15) is 0 Å². The van der Waals surface area contributed by atoms with Crippen LogP contribution in [0, 0.1) is 5.82 Å².